The number of halogens is 3. The summed E-state index contributed by atoms with van der Waals surface area (Å²) in [5, 5.41) is 2.61. The number of amides is 1. The highest BCUT2D eigenvalue weighted by molar-refractivity contribution is 7.89. The maximum atomic E-state index is 12.4. The molecule has 0 saturated heterocycles. The van der Waals surface area contributed by atoms with Gasteiger partial charge < -0.3 is 14.8 Å². The van der Waals surface area contributed by atoms with Gasteiger partial charge in [-0.25, -0.2) is 8.42 Å². The Kier molecular flexibility index (Phi) is 8.43. The lowest BCUT2D eigenvalue weighted by Gasteiger charge is -2.15. The summed E-state index contributed by atoms with van der Waals surface area (Å²) in [6.45, 7) is 0.0279. The number of methoxy groups -OCH3 is 1. The first-order chi connectivity index (χ1) is 14.5. The van der Waals surface area contributed by atoms with Gasteiger partial charge in [-0.1, -0.05) is 24.3 Å². The Labute approximate surface area is 178 Å². The van der Waals surface area contributed by atoms with Gasteiger partial charge in [0.15, 0.2) is 0 Å². The summed E-state index contributed by atoms with van der Waals surface area (Å²) in [6.07, 6.45) is -4.38. The van der Waals surface area contributed by atoms with E-state index in [1.54, 1.807) is 24.3 Å². The Morgan fingerprint density at radius 1 is 1.03 bits per heavy atom. The fraction of sp³-hybridized carbons (Fsp3) is 0.350. The fourth-order valence-corrected chi connectivity index (χ4v) is 3.69. The lowest BCUT2D eigenvalue weighted by atomic mass is 10.1. The van der Waals surface area contributed by atoms with Gasteiger partial charge in [0.25, 0.3) is 0 Å². The molecule has 31 heavy (non-hydrogen) atoms. The molecule has 0 bridgehead atoms. The fourth-order valence-electron chi connectivity index (χ4n) is 2.49. The van der Waals surface area contributed by atoms with E-state index in [0.717, 1.165) is 0 Å². The average molecular weight is 460 g/mol. The number of hydrogen-bond donors (Lipinski definition) is 2. The van der Waals surface area contributed by atoms with Crippen LogP contribution in [-0.4, -0.2) is 40.3 Å². The zero-order chi connectivity index (χ0) is 23.1. The highest BCUT2D eigenvalue weighted by Crippen LogP contribution is 2.17. The van der Waals surface area contributed by atoms with E-state index in [4.69, 9.17) is 4.74 Å². The number of rotatable bonds is 10. The molecular formula is C20H23F3N2O5S. The number of alkyl halides is 3. The second-order valence-electron chi connectivity index (χ2n) is 6.66. The van der Waals surface area contributed by atoms with Crippen LogP contribution in [0, 0.1) is 0 Å². The van der Waals surface area contributed by atoms with E-state index in [-0.39, 0.29) is 18.0 Å². The van der Waals surface area contributed by atoms with Crippen LogP contribution in [-0.2, 0) is 32.7 Å². The second-order valence-corrected chi connectivity index (χ2v) is 8.37. The number of carbonyl (C=O) groups is 1. The first-order valence-corrected chi connectivity index (χ1v) is 10.6. The summed E-state index contributed by atoms with van der Waals surface area (Å²) in [7, 11) is -2.44. The van der Waals surface area contributed by atoms with Crippen LogP contribution >= 0.6 is 0 Å². The molecule has 2 aromatic rings. The van der Waals surface area contributed by atoms with Crippen molar-refractivity contribution >= 4 is 15.9 Å². The van der Waals surface area contributed by atoms with Crippen LogP contribution in [0.25, 0.3) is 0 Å². The monoisotopic (exact) mass is 460 g/mol. The minimum Gasteiger partial charge on any atom is -0.497 e. The molecule has 2 aromatic carbocycles. The molecule has 0 spiro atoms. The predicted octanol–water partition coefficient (Wildman–Crippen LogP) is 2.76. The Morgan fingerprint density at radius 2 is 1.61 bits per heavy atom. The molecule has 7 nitrogen and oxygen atoms in total. The van der Waals surface area contributed by atoms with Gasteiger partial charge in [0.2, 0.25) is 15.9 Å². The molecule has 2 N–H and O–H groups in total. The minimum atomic E-state index is -4.38. The molecule has 0 unspecified atom stereocenters. The number of nitrogens with one attached hydrogen (secondary N) is 2. The highest BCUT2D eigenvalue weighted by Gasteiger charge is 2.27. The van der Waals surface area contributed by atoms with Gasteiger partial charge in [-0.2, -0.15) is 17.9 Å². The summed E-state index contributed by atoms with van der Waals surface area (Å²) in [6, 6.07) is 11.2. The SMILES string of the molecule is COc1ccc(S(=O)(=O)N[C@@H](C)C(=O)NCc2ccc(COCC(F)(F)F)cc2)cc1. The third kappa shape index (κ3) is 8.19. The molecule has 0 fully saturated rings. The summed E-state index contributed by atoms with van der Waals surface area (Å²) in [4.78, 5) is 12.2. The van der Waals surface area contributed by atoms with Crippen LogP contribution in [0.1, 0.15) is 18.1 Å². The maximum Gasteiger partial charge on any atom is 0.411 e. The zero-order valence-electron chi connectivity index (χ0n) is 16.9. The van der Waals surface area contributed by atoms with Crippen LogP contribution in [0.15, 0.2) is 53.4 Å². The van der Waals surface area contributed by atoms with Crippen molar-refractivity contribution in [1.82, 2.24) is 10.0 Å². The van der Waals surface area contributed by atoms with Gasteiger partial charge in [-0.3, -0.25) is 4.79 Å². The van der Waals surface area contributed by atoms with Crippen LogP contribution in [0.5, 0.6) is 5.75 Å². The Balaban J connectivity index is 1.84. The van der Waals surface area contributed by atoms with Gasteiger partial charge >= 0.3 is 6.18 Å². The molecule has 170 valence electrons. The van der Waals surface area contributed by atoms with Crippen molar-refractivity contribution < 1.29 is 35.9 Å². The van der Waals surface area contributed by atoms with Crippen molar-refractivity contribution in [2.45, 2.75) is 37.2 Å². The minimum absolute atomic E-state index is 0.00344. The summed E-state index contributed by atoms with van der Waals surface area (Å²) >= 11 is 0. The molecule has 11 heteroatoms. The van der Waals surface area contributed by atoms with Crippen molar-refractivity contribution in [2.75, 3.05) is 13.7 Å². The van der Waals surface area contributed by atoms with Gasteiger partial charge in [0.1, 0.15) is 12.4 Å². The molecule has 0 radical (unpaired) electrons. The lowest BCUT2D eigenvalue weighted by molar-refractivity contribution is -0.176. The molecule has 0 aliphatic carbocycles. The Bertz CT molecular complexity index is 962. The molecule has 0 aliphatic heterocycles. The molecular weight excluding hydrogens is 437 g/mol. The third-order valence-corrected chi connectivity index (χ3v) is 5.68. The largest absolute Gasteiger partial charge is 0.497 e. The molecule has 1 amide bonds. The van der Waals surface area contributed by atoms with E-state index in [2.05, 4.69) is 14.8 Å². The predicted molar refractivity (Wildman–Crippen MR) is 107 cm³/mol. The van der Waals surface area contributed by atoms with Crippen molar-refractivity contribution in [3.8, 4) is 5.75 Å². The van der Waals surface area contributed by atoms with Crippen LogP contribution in [0.4, 0.5) is 13.2 Å². The average Bonchev–Trinajstić information content (AvgIpc) is 2.71. The molecule has 0 saturated carbocycles. The summed E-state index contributed by atoms with van der Waals surface area (Å²) in [5.74, 6) is -0.0302. The van der Waals surface area contributed by atoms with Gasteiger partial charge in [-0.15, -0.1) is 0 Å². The van der Waals surface area contributed by atoms with Gasteiger partial charge in [-0.05, 0) is 42.3 Å². The Hall–Kier alpha value is -2.63. The van der Waals surface area contributed by atoms with Crippen molar-refractivity contribution in [3.05, 3.63) is 59.7 Å². The van der Waals surface area contributed by atoms with Gasteiger partial charge in [0, 0.05) is 6.54 Å². The van der Waals surface area contributed by atoms with Crippen LogP contribution in [0.2, 0.25) is 0 Å². The smallest absolute Gasteiger partial charge is 0.411 e. The Morgan fingerprint density at radius 3 is 2.16 bits per heavy atom. The van der Waals surface area contributed by atoms with E-state index in [0.29, 0.717) is 16.9 Å². The van der Waals surface area contributed by atoms with E-state index in [1.807, 2.05) is 0 Å². The molecule has 2 rings (SSSR count). The first-order valence-electron chi connectivity index (χ1n) is 9.16. The second kappa shape index (κ2) is 10.6. The highest BCUT2D eigenvalue weighted by atomic mass is 32.2. The number of carbonyl (C=O) groups excluding carboxylic acids is 1. The molecule has 0 heterocycles. The van der Waals surface area contributed by atoms with Crippen LogP contribution < -0.4 is 14.8 Å². The molecule has 0 aromatic heterocycles. The third-order valence-electron chi connectivity index (χ3n) is 4.12. The number of hydrogen-bond acceptors (Lipinski definition) is 5. The van der Waals surface area contributed by atoms with Crippen molar-refractivity contribution in [2.24, 2.45) is 0 Å². The van der Waals surface area contributed by atoms with Gasteiger partial charge in [0.05, 0.1) is 24.7 Å². The maximum absolute atomic E-state index is 12.4. The number of benzene rings is 2. The summed E-state index contributed by atoms with van der Waals surface area (Å²) in [5.41, 5.74) is 1.25. The molecule has 1 atom stereocenters. The summed E-state index contributed by atoms with van der Waals surface area (Å²) < 4.78 is 72.9. The topological polar surface area (TPSA) is 93.7 Å². The quantitative estimate of drug-likeness (QED) is 0.569. The lowest BCUT2D eigenvalue weighted by Crippen LogP contribution is -2.44. The van der Waals surface area contributed by atoms with E-state index >= 15 is 0 Å². The van der Waals surface area contributed by atoms with E-state index < -0.39 is 34.8 Å². The molecule has 0 aliphatic rings. The number of sulfonamides is 1. The van der Waals surface area contributed by atoms with Crippen molar-refractivity contribution in [3.63, 3.8) is 0 Å². The number of ether oxygens (including phenoxy) is 2. The normalized spacial score (nSPS) is 12.9. The van der Waals surface area contributed by atoms with E-state index in [1.165, 1.54) is 38.3 Å². The standard InChI is InChI=1S/C20H23F3N2O5S/c1-14(25-31(27,28)18-9-7-17(29-2)8-10-18)19(26)24-11-15-3-5-16(6-4-15)12-30-13-20(21,22)23/h3-10,14,25H,11-13H2,1-2H3,(H,24,26)/t14-/m0/s1. The first kappa shape index (κ1) is 24.6. The zero-order valence-corrected chi connectivity index (χ0v) is 17.7. The van der Waals surface area contributed by atoms with Crippen LogP contribution in [0.3, 0.4) is 0 Å². The van der Waals surface area contributed by atoms with E-state index in [9.17, 15) is 26.4 Å². The van der Waals surface area contributed by atoms with Crippen molar-refractivity contribution in [1.29, 1.82) is 0 Å².